The Labute approximate surface area is 342 Å². The number of benzene rings is 6. The number of phenols is 1. The molecule has 0 spiro atoms. The van der Waals surface area contributed by atoms with Crippen LogP contribution in [0.15, 0.2) is 146 Å². The van der Waals surface area contributed by atoms with E-state index < -0.39 is 47.8 Å². The van der Waals surface area contributed by atoms with Crippen molar-refractivity contribution >= 4 is 11.0 Å². The van der Waals surface area contributed by atoms with Gasteiger partial charge in [-0.1, -0.05) is 132 Å². The van der Waals surface area contributed by atoms with Gasteiger partial charge in [0.2, 0.25) is 0 Å². The Morgan fingerprint density at radius 2 is 1.38 bits per heavy atom. The second kappa shape index (κ2) is 14.1. The average molecular weight is 740 g/mol. The van der Waals surface area contributed by atoms with Gasteiger partial charge in [0.05, 0.1) is 38.9 Å². The molecule has 0 saturated heterocycles. The maximum atomic E-state index is 11.8. The fourth-order valence-corrected chi connectivity index (χ4v) is 7.34. The molecule has 2 heterocycles. The summed E-state index contributed by atoms with van der Waals surface area (Å²) in [5.41, 5.74) is 9.40. The van der Waals surface area contributed by atoms with Crippen LogP contribution in [-0.4, -0.2) is 19.6 Å². The van der Waals surface area contributed by atoms with Gasteiger partial charge in [0.15, 0.2) is 0 Å². The molecule has 0 bridgehead atoms. The predicted octanol–water partition coefficient (Wildman–Crippen LogP) is 13.7. The largest absolute Gasteiger partial charge is 0.507 e. The minimum Gasteiger partial charge on any atom is -0.507 e. The molecule has 0 saturated carbocycles. The molecule has 0 unspecified atom stereocenters. The van der Waals surface area contributed by atoms with E-state index in [0.29, 0.717) is 22.5 Å². The summed E-state index contributed by atoms with van der Waals surface area (Å²) in [6.45, 7) is 16.6. The van der Waals surface area contributed by atoms with Crippen molar-refractivity contribution in [2.45, 2.75) is 66.2 Å². The number of pyridine rings is 1. The molecule has 0 atom stereocenters. The van der Waals surface area contributed by atoms with E-state index in [-0.39, 0.29) is 34.0 Å². The zero-order chi connectivity index (χ0) is 46.3. The zero-order valence-electron chi connectivity index (χ0n) is 41.0. The van der Waals surface area contributed by atoms with Crippen molar-refractivity contribution < 1.29 is 16.1 Å². The lowest BCUT2D eigenvalue weighted by Crippen LogP contribution is -2.16. The van der Waals surface area contributed by atoms with Crippen LogP contribution in [0.5, 0.6) is 5.75 Å². The van der Waals surface area contributed by atoms with Crippen LogP contribution in [0.25, 0.3) is 72.7 Å². The summed E-state index contributed by atoms with van der Waals surface area (Å²) in [5.74, 6) is 0.687. The molecule has 4 nitrogen and oxygen atoms in total. The monoisotopic (exact) mass is 739 g/mol. The Balaban J connectivity index is 1.44. The minimum absolute atomic E-state index is 0.0297. The number of hydrogen-bond donors (Lipinski definition) is 1. The molecule has 2 aromatic heterocycles. The highest BCUT2D eigenvalue weighted by atomic mass is 16.3. The van der Waals surface area contributed by atoms with E-state index in [1.807, 2.05) is 74.5 Å². The molecule has 0 aliphatic heterocycles. The number of fused-ring (bicyclic) bond motifs is 1. The van der Waals surface area contributed by atoms with E-state index in [1.165, 1.54) is 0 Å². The summed E-state index contributed by atoms with van der Waals surface area (Å²) in [4.78, 5) is 9.87. The van der Waals surface area contributed by atoms with Crippen LogP contribution in [0.4, 0.5) is 0 Å². The number of hydrogen-bond acceptors (Lipinski definition) is 3. The second-order valence-corrected chi connectivity index (χ2v) is 16.5. The number of rotatable bonds is 6. The molecular formula is C52H49N3O. The van der Waals surface area contributed by atoms with Gasteiger partial charge in [-0.15, -0.1) is 0 Å². The fourth-order valence-electron chi connectivity index (χ4n) is 7.34. The van der Waals surface area contributed by atoms with Gasteiger partial charge < -0.3 is 5.11 Å². The van der Waals surface area contributed by atoms with Crippen molar-refractivity contribution in [2.75, 3.05) is 0 Å². The molecule has 0 aliphatic rings. The number of phenolic OH excluding ortho intramolecular Hbond substituents is 1. The molecule has 0 aliphatic carbocycles. The lowest BCUT2D eigenvalue weighted by atomic mass is 9.83. The molecule has 1 N–H and O–H groups in total. The highest BCUT2D eigenvalue weighted by molar-refractivity contribution is 5.97. The third kappa shape index (κ3) is 6.92. The number of nitrogens with zero attached hydrogens (tertiary/aromatic N) is 3. The normalized spacial score (nSPS) is 14.0. The lowest BCUT2D eigenvalue weighted by molar-refractivity contribution is 0.472. The standard InChI is InChI=1S/C52H49N3O/c1-33-26-34(2)49(56)43(27-33)50-54-48-42(20-15-21-47(48)55(50)46-23-22-37(31-44(46)52(6,7)8)35-16-11-9-12-17-35)39-28-40(30-41(29-39)51(3,4)5)45-32-38(24-25-53-45)36-18-13-10-14-19-36/h9-32,56H,1-8H3/i10D,13D,14D,18D,19D,24D,25D,32D. The van der Waals surface area contributed by atoms with Crippen LogP contribution in [0.2, 0.25) is 0 Å². The van der Waals surface area contributed by atoms with Gasteiger partial charge in [0.1, 0.15) is 11.6 Å². The molecule has 8 aromatic rings. The van der Waals surface area contributed by atoms with Crippen molar-refractivity contribution in [3.63, 3.8) is 0 Å². The summed E-state index contributed by atoms with van der Waals surface area (Å²) < 4.78 is 71.3. The van der Waals surface area contributed by atoms with Crippen molar-refractivity contribution in [3.8, 4) is 67.5 Å². The third-order valence-electron chi connectivity index (χ3n) is 10.2. The van der Waals surface area contributed by atoms with Crippen LogP contribution in [0, 0.1) is 13.8 Å². The Bertz CT molecular complexity index is 3170. The van der Waals surface area contributed by atoms with E-state index in [4.69, 9.17) is 14.6 Å². The van der Waals surface area contributed by atoms with E-state index >= 15 is 0 Å². The van der Waals surface area contributed by atoms with Gasteiger partial charge in [0, 0.05) is 17.3 Å². The van der Waals surface area contributed by atoms with Gasteiger partial charge in [-0.25, -0.2) is 4.98 Å². The molecule has 56 heavy (non-hydrogen) atoms. The van der Waals surface area contributed by atoms with Gasteiger partial charge >= 0.3 is 0 Å². The van der Waals surface area contributed by atoms with E-state index in [9.17, 15) is 6.48 Å². The Morgan fingerprint density at radius 3 is 2.11 bits per heavy atom. The zero-order valence-corrected chi connectivity index (χ0v) is 33.0. The van der Waals surface area contributed by atoms with Gasteiger partial charge in [-0.2, -0.15) is 0 Å². The molecule has 0 fully saturated rings. The summed E-state index contributed by atoms with van der Waals surface area (Å²) in [6, 6.07) is 28.7. The Kier molecular flexibility index (Phi) is 7.10. The number of imidazole rings is 1. The fraction of sp³-hybridized carbons (Fsp3) is 0.192. The smallest absolute Gasteiger partial charge is 0.149 e. The molecule has 278 valence electrons. The Morgan fingerprint density at radius 1 is 0.625 bits per heavy atom. The van der Waals surface area contributed by atoms with Gasteiger partial charge in [-0.05, 0) is 123 Å². The van der Waals surface area contributed by atoms with E-state index in [1.54, 1.807) is 0 Å². The first-order valence-electron chi connectivity index (χ1n) is 22.8. The molecule has 0 radical (unpaired) electrons. The quantitative estimate of drug-likeness (QED) is 0.185. The van der Waals surface area contributed by atoms with Crippen LogP contribution in [0.1, 0.15) is 74.8 Å². The first-order valence-corrected chi connectivity index (χ1v) is 18.8. The van der Waals surface area contributed by atoms with E-state index in [0.717, 1.165) is 55.7 Å². The summed E-state index contributed by atoms with van der Waals surface area (Å²) in [5, 5.41) is 11.8. The van der Waals surface area contributed by atoms with Gasteiger partial charge in [-0.3, -0.25) is 9.55 Å². The minimum atomic E-state index is -0.598. The number of aromatic hydroxyl groups is 1. The lowest BCUT2D eigenvalue weighted by Gasteiger charge is -2.26. The SMILES string of the molecule is [2H]c1nc(-c2cc(-c3cccc4c3nc(-c3cc(C)cc(C)c3O)n4-c3ccc(-c4ccccc4)cc3C(C)(C)C)cc(C(C)(C)C)c2)c([2H])c(-c2c([2H])c([2H])c([2H])c([2H])c2[2H])c1[2H]. The molecule has 8 rings (SSSR count). The molecule has 4 heteroatoms. The topological polar surface area (TPSA) is 50.9 Å². The maximum Gasteiger partial charge on any atom is 0.149 e. The number of aromatic nitrogens is 3. The summed E-state index contributed by atoms with van der Waals surface area (Å²) in [7, 11) is 0. The third-order valence-corrected chi connectivity index (χ3v) is 10.2. The van der Waals surface area contributed by atoms with Crippen molar-refractivity contribution in [2.24, 2.45) is 0 Å². The van der Waals surface area contributed by atoms with Crippen LogP contribution >= 0.6 is 0 Å². The van der Waals surface area contributed by atoms with Gasteiger partial charge in [0.25, 0.3) is 0 Å². The molecular weight excluding hydrogens is 683 g/mol. The van der Waals surface area contributed by atoms with Crippen molar-refractivity contribution in [3.05, 3.63) is 168 Å². The number of aryl methyl sites for hydroxylation is 2. The van der Waals surface area contributed by atoms with Crippen LogP contribution in [0.3, 0.4) is 0 Å². The number of para-hydroxylation sites is 1. The summed E-state index contributed by atoms with van der Waals surface area (Å²) >= 11 is 0. The van der Waals surface area contributed by atoms with Crippen molar-refractivity contribution in [1.82, 2.24) is 14.5 Å². The van der Waals surface area contributed by atoms with Crippen LogP contribution in [-0.2, 0) is 10.8 Å². The molecule has 6 aromatic carbocycles. The second-order valence-electron chi connectivity index (χ2n) is 16.5. The average Bonchev–Trinajstić information content (AvgIpc) is 3.64. The summed E-state index contributed by atoms with van der Waals surface area (Å²) in [6.07, 6.45) is -0.498. The van der Waals surface area contributed by atoms with Crippen molar-refractivity contribution in [1.29, 1.82) is 0 Å². The maximum absolute atomic E-state index is 11.8. The van der Waals surface area contributed by atoms with Crippen LogP contribution < -0.4 is 0 Å². The highest BCUT2D eigenvalue weighted by Gasteiger charge is 2.27. The predicted molar refractivity (Wildman–Crippen MR) is 235 cm³/mol. The highest BCUT2D eigenvalue weighted by Crippen LogP contribution is 2.43. The first kappa shape index (κ1) is 28.2. The first-order chi connectivity index (χ1) is 30.1. The Hall–Kier alpha value is -6.26. The molecule has 0 amide bonds. The van der Waals surface area contributed by atoms with E-state index in [2.05, 4.69) is 87.5 Å².